The summed E-state index contributed by atoms with van der Waals surface area (Å²) >= 11 is 0. The van der Waals surface area contributed by atoms with Crippen LogP contribution in [0, 0.1) is 10.1 Å². The Kier molecular flexibility index (Phi) is 3.03. The van der Waals surface area contributed by atoms with E-state index in [2.05, 4.69) is 10.6 Å². The van der Waals surface area contributed by atoms with Crippen LogP contribution < -0.4 is 10.6 Å². The Morgan fingerprint density at radius 2 is 2.17 bits per heavy atom. The number of nitrogens with zero attached hydrogens (tertiary/aromatic N) is 1. The first-order chi connectivity index (χ1) is 10.9. The summed E-state index contributed by atoms with van der Waals surface area (Å²) in [6, 6.07) is 4.18. The van der Waals surface area contributed by atoms with Crippen molar-refractivity contribution in [2.24, 2.45) is 0 Å². The van der Waals surface area contributed by atoms with Crippen molar-refractivity contribution < 1.29 is 17.8 Å². The number of nitro groups is 1. The molecule has 0 aliphatic carbocycles. The summed E-state index contributed by atoms with van der Waals surface area (Å²) in [6.45, 7) is 1.23. The van der Waals surface area contributed by atoms with Gasteiger partial charge < -0.3 is 15.1 Å². The van der Waals surface area contributed by atoms with Gasteiger partial charge >= 0.3 is 0 Å². The molecule has 2 atom stereocenters. The molecule has 2 unspecified atom stereocenters. The van der Waals surface area contributed by atoms with E-state index >= 15 is 0 Å². The number of benzene rings is 1. The van der Waals surface area contributed by atoms with Crippen molar-refractivity contribution in [2.45, 2.75) is 11.6 Å². The fourth-order valence-corrected chi connectivity index (χ4v) is 5.89. The largest absolute Gasteiger partial charge is 0.464 e. The monoisotopic (exact) mass is 337 g/mol. The average Bonchev–Trinajstić information content (AvgIpc) is 3.06. The molecule has 9 heteroatoms. The zero-order valence-corrected chi connectivity index (χ0v) is 12.9. The third kappa shape index (κ3) is 2.15. The zero-order valence-electron chi connectivity index (χ0n) is 12.1. The molecule has 1 aromatic carbocycles. The third-order valence-electron chi connectivity index (χ3n) is 4.65. The lowest BCUT2D eigenvalue weighted by Gasteiger charge is -2.40. The van der Waals surface area contributed by atoms with Gasteiger partial charge in [-0.05, 0) is 6.07 Å². The van der Waals surface area contributed by atoms with E-state index in [4.69, 9.17) is 4.42 Å². The highest BCUT2D eigenvalue weighted by molar-refractivity contribution is 7.91. The molecule has 0 spiro atoms. The third-order valence-corrected chi connectivity index (χ3v) is 6.38. The molecule has 0 radical (unpaired) electrons. The molecule has 2 aliphatic rings. The van der Waals surface area contributed by atoms with Crippen LogP contribution in [0.15, 0.2) is 28.9 Å². The van der Waals surface area contributed by atoms with Crippen LogP contribution in [0.4, 0.5) is 5.69 Å². The van der Waals surface area contributed by atoms with Crippen molar-refractivity contribution >= 4 is 26.5 Å². The van der Waals surface area contributed by atoms with Crippen molar-refractivity contribution in [3.8, 4) is 0 Å². The fourth-order valence-electron chi connectivity index (χ4n) is 3.71. The van der Waals surface area contributed by atoms with Gasteiger partial charge in [0.1, 0.15) is 5.58 Å². The minimum absolute atomic E-state index is 0.00485. The minimum atomic E-state index is -3.26. The highest BCUT2D eigenvalue weighted by Crippen LogP contribution is 2.41. The predicted octanol–water partition coefficient (Wildman–Crippen LogP) is 0.526. The molecule has 0 bridgehead atoms. The highest BCUT2D eigenvalue weighted by Gasteiger charge is 2.54. The van der Waals surface area contributed by atoms with Gasteiger partial charge in [0.05, 0.1) is 28.2 Å². The summed E-state index contributed by atoms with van der Waals surface area (Å²) in [5.74, 6) is -0.0977. The second-order valence-electron chi connectivity index (χ2n) is 6.05. The van der Waals surface area contributed by atoms with E-state index in [9.17, 15) is 18.5 Å². The molecule has 8 nitrogen and oxygen atoms in total. The van der Waals surface area contributed by atoms with Crippen LogP contribution in [0.2, 0.25) is 0 Å². The molecule has 2 fully saturated rings. The van der Waals surface area contributed by atoms with Crippen molar-refractivity contribution in [2.75, 3.05) is 24.6 Å². The standard InChI is InChI=1S/C14H15N3O5S/c18-17(19)10-5-9-1-4-22-13(9)11(6-10)14-8-23(20,21)7-12(14)15-2-3-16-14/h1,4-6,12,15-16H,2-3,7-8H2. The maximum Gasteiger partial charge on any atom is 0.270 e. The first kappa shape index (κ1) is 14.6. The number of piperazine rings is 1. The number of sulfone groups is 1. The van der Waals surface area contributed by atoms with Crippen LogP contribution >= 0.6 is 0 Å². The Hall–Kier alpha value is -1.97. The van der Waals surface area contributed by atoms with Gasteiger partial charge in [0.2, 0.25) is 0 Å². The quantitative estimate of drug-likeness (QED) is 0.606. The molecule has 4 rings (SSSR count). The fraction of sp³-hybridized carbons (Fsp3) is 0.429. The highest BCUT2D eigenvalue weighted by atomic mass is 32.2. The minimum Gasteiger partial charge on any atom is -0.464 e. The van der Waals surface area contributed by atoms with Gasteiger partial charge in [-0.3, -0.25) is 10.1 Å². The molecule has 3 heterocycles. The van der Waals surface area contributed by atoms with E-state index in [1.165, 1.54) is 18.4 Å². The average molecular weight is 337 g/mol. The summed E-state index contributed by atoms with van der Waals surface area (Å²) in [5, 5.41) is 18.4. The number of hydrogen-bond acceptors (Lipinski definition) is 7. The van der Waals surface area contributed by atoms with E-state index in [-0.39, 0.29) is 23.2 Å². The Labute approximate surface area is 131 Å². The zero-order chi connectivity index (χ0) is 16.2. The molecule has 23 heavy (non-hydrogen) atoms. The second kappa shape index (κ2) is 4.76. The summed E-state index contributed by atoms with van der Waals surface area (Å²) in [4.78, 5) is 10.8. The summed E-state index contributed by atoms with van der Waals surface area (Å²) in [6.07, 6.45) is 1.46. The maximum absolute atomic E-state index is 12.2. The molecule has 2 N–H and O–H groups in total. The SMILES string of the molecule is O=[N+]([O-])c1cc(C23CS(=O)(=O)CC2NCCN3)c2occc2c1. The van der Waals surface area contributed by atoms with Crippen LogP contribution in [0.25, 0.3) is 11.0 Å². The number of rotatable bonds is 2. The normalized spacial score (nSPS) is 29.5. The van der Waals surface area contributed by atoms with E-state index < -0.39 is 20.3 Å². The number of non-ortho nitro benzene ring substituents is 1. The van der Waals surface area contributed by atoms with Crippen LogP contribution in [-0.4, -0.2) is 44.0 Å². The van der Waals surface area contributed by atoms with Crippen molar-refractivity contribution in [1.82, 2.24) is 10.6 Å². The summed E-state index contributed by atoms with van der Waals surface area (Å²) in [7, 11) is -3.26. The number of fused-ring (bicyclic) bond motifs is 2. The predicted molar refractivity (Wildman–Crippen MR) is 83.0 cm³/mol. The molecule has 2 aromatic rings. The van der Waals surface area contributed by atoms with Crippen LogP contribution in [-0.2, 0) is 15.4 Å². The first-order valence-electron chi connectivity index (χ1n) is 7.26. The molecular weight excluding hydrogens is 322 g/mol. The van der Waals surface area contributed by atoms with Crippen molar-refractivity contribution in [3.63, 3.8) is 0 Å². The topological polar surface area (TPSA) is 114 Å². The molecule has 2 aliphatic heterocycles. The number of nitrogens with one attached hydrogen (secondary N) is 2. The number of nitro benzene ring substituents is 1. The molecule has 1 aromatic heterocycles. The van der Waals surface area contributed by atoms with E-state index in [1.54, 1.807) is 6.07 Å². The number of hydrogen-bond donors (Lipinski definition) is 2. The van der Waals surface area contributed by atoms with Gasteiger partial charge in [-0.2, -0.15) is 0 Å². The molecule has 0 saturated carbocycles. The molecule has 122 valence electrons. The van der Waals surface area contributed by atoms with Crippen molar-refractivity contribution in [3.05, 3.63) is 40.1 Å². The van der Waals surface area contributed by atoms with Gasteiger partial charge in [0, 0.05) is 42.2 Å². The Morgan fingerprint density at radius 1 is 1.35 bits per heavy atom. The molecular formula is C14H15N3O5S. The molecule has 2 saturated heterocycles. The lowest BCUT2D eigenvalue weighted by molar-refractivity contribution is -0.384. The summed E-state index contributed by atoms with van der Waals surface area (Å²) < 4.78 is 30.0. The van der Waals surface area contributed by atoms with Crippen LogP contribution in [0.3, 0.4) is 0 Å². The van der Waals surface area contributed by atoms with Gasteiger partial charge in [0.15, 0.2) is 9.84 Å². The van der Waals surface area contributed by atoms with Gasteiger partial charge in [-0.15, -0.1) is 0 Å². The van der Waals surface area contributed by atoms with Gasteiger partial charge in [-0.1, -0.05) is 0 Å². The smallest absolute Gasteiger partial charge is 0.270 e. The van der Waals surface area contributed by atoms with Gasteiger partial charge in [0.25, 0.3) is 5.69 Å². The lowest BCUT2D eigenvalue weighted by Crippen LogP contribution is -2.63. The summed E-state index contributed by atoms with van der Waals surface area (Å²) in [5.41, 5.74) is 0.0525. The van der Waals surface area contributed by atoms with E-state index in [1.807, 2.05) is 0 Å². The van der Waals surface area contributed by atoms with Crippen LogP contribution in [0.5, 0.6) is 0 Å². The Balaban J connectivity index is 1.99. The maximum atomic E-state index is 12.2. The molecule has 0 amide bonds. The Bertz CT molecular complexity index is 906. The van der Waals surface area contributed by atoms with Crippen LogP contribution in [0.1, 0.15) is 5.56 Å². The lowest BCUT2D eigenvalue weighted by atomic mass is 9.82. The van der Waals surface area contributed by atoms with Crippen molar-refractivity contribution in [1.29, 1.82) is 0 Å². The van der Waals surface area contributed by atoms with Gasteiger partial charge in [-0.25, -0.2) is 8.42 Å². The first-order valence-corrected chi connectivity index (χ1v) is 9.08. The second-order valence-corrected chi connectivity index (χ2v) is 8.16. The van der Waals surface area contributed by atoms with E-state index in [0.29, 0.717) is 29.6 Å². The number of furan rings is 1. The Morgan fingerprint density at radius 3 is 2.96 bits per heavy atom. The van der Waals surface area contributed by atoms with E-state index in [0.717, 1.165) is 0 Å².